The van der Waals surface area contributed by atoms with Crippen molar-refractivity contribution in [3.63, 3.8) is 0 Å². The molecule has 1 aliphatic heterocycles. The van der Waals surface area contributed by atoms with Gasteiger partial charge in [-0.1, -0.05) is 28.9 Å². The molecule has 1 aromatic heterocycles. The Hall–Kier alpha value is -1.43. The van der Waals surface area contributed by atoms with E-state index >= 15 is 0 Å². The molecule has 32 heavy (non-hydrogen) atoms. The summed E-state index contributed by atoms with van der Waals surface area (Å²) in [5.41, 5.74) is 0.821. The van der Waals surface area contributed by atoms with Crippen LogP contribution >= 0.6 is 35.6 Å². The second-order valence-electron chi connectivity index (χ2n) is 7.90. The van der Waals surface area contributed by atoms with Crippen molar-refractivity contribution in [1.29, 1.82) is 0 Å². The maximum Gasteiger partial charge on any atom is 0.248 e. The van der Waals surface area contributed by atoms with Crippen LogP contribution in [0.4, 0.5) is 0 Å². The first kappa shape index (κ1) is 26.8. The van der Waals surface area contributed by atoms with Crippen LogP contribution in [0.3, 0.4) is 0 Å². The maximum atomic E-state index is 6.04. The molecule has 8 nitrogen and oxygen atoms in total. The molecule has 2 heterocycles. The second-order valence-corrected chi connectivity index (χ2v) is 8.33. The third-order valence-electron chi connectivity index (χ3n) is 5.05. The van der Waals surface area contributed by atoms with Gasteiger partial charge in [-0.15, -0.1) is 24.0 Å². The lowest BCUT2D eigenvalue weighted by atomic mass is 10.1. The van der Waals surface area contributed by atoms with Gasteiger partial charge in [0, 0.05) is 42.8 Å². The molecule has 2 N–H and O–H groups in total. The summed E-state index contributed by atoms with van der Waals surface area (Å²) in [5.74, 6) is 1.75. The summed E-state index contributed by atoms with van der Waals surface area (Å²) in [7, 11) is 0. The number of halogens is 2. The molecule has 2 aromatic rings. The lowest BCUT2D eigenvalue weighted by Crippen LogP contribution is -2.49. The zero-order valence-corrected chi connectivity index (χ0v) is 22.1. The van der Waals surface area contributed by atoms with Gasteiger partial charge in [0.25, 0.3) is 0 Å². The van der Waals surface area contributed by atoms with Crippen LogP contribution < -0.4 is 10.6 Å². The van der Waals surface area contributed by atoms with E-state index in [0.717, 1.165) is 57.2 Å². The number of ether oxygens (including phenoxy) is 1. The monoisotopic (exact) mass is 576 g/mol. The SMILES string of the molecule is CCNC(=NCc1nc(-c2cccc(Cl)c2)no1)NC1CCN(CCOC(C)C)CC1.I. The number of likely N-dealkylation sites (tertiary alicyclic amines) is 1. The number of piperidine rings is 1. The van der Waals surface area contributed by atoms with Crippen molar-refractivity contribution in [3.05, 3.63) is 35.2 Å². The minimum absolute atomic E-state index is 0. The van der Waals surface area contributed by atoms with E-state index in [-0.39, 0.29) is 24.0 Å². The highest BCUT2D eigenvalue weighted by Gasteiger charge is 2.20. The highest BCUT2D eigenvalue weighted by atomic mass is 127. The van der Waals surface area contributed by atoms with Crippen LogP contribution in [0.15, 0.2) is 33.8 Å². The normalized spacial score (nSPS) is 15.6. The third-order valence-corrected chi connectivity index (χ3v) is 5.29. The summed E-state index contributed by atoms with van der Waals surface area (Å²) < 4.78 is 11.0. The maximum absolute atomic E-state index is 6.04. The van der Waals surface area contributed by atoms with E-state index in [4.69, 9.17) is 20.9 Å². The molecule has 10 heteroatoms. The van der Waals surface area contributed by atoms with Gasteiger partial charge < -0.3 is 24.8 Å². The van der Waals surface area contributed by atoms with Crippen molar-refractivity contribution in [2.75, 3.05) is 32.8 Å². The number of rotatable bonds is 9. The topological polar surface area (TPSA) is 87.8 Å². The van der Waals surface area contributed by atoms with E-state index in [1.807, 2.05) is 24.3 Å². The Labute approximate surface area is 212 Å². The summed E-state index contributed by atoms with van der Waals surface area (Å²) >= 11 is 6.04. The third kappa shape index (κ3) is 8.84. The largest absolute Gasteiger partial charge is 0.377 e. The molecule has 1 saturated heterocycles. The van der Waals surface area contributed by atoms with Crippen molar-refractivity contribution >= 4 is 41.5 Å². The van der Waals surface area contributed by atoms with Gasteiger partial charge in [0.2, 0.25) is 11.7 Å². The van der Waals surface area contributed by atoms with Gasteiger partial charge in [-0.2, -0.15) is 4.98 Å². The molecule has 3 rings (SSSR count). The molecular weight excluding hydrogens is 543 g/mol. The van der Waals surface area contributed by atoms with Gasteiger partial charge in [0.15, 0.2) is 5.96 Å². The van der Waals surface area contributed by atoms with E-state index in [1.165, 1.54) is 0 Å². The molecule has 0 saturated carbocycles. The van der Waals surface area contributed by atoms with E-state index in [2.05, 4.69) is 51.4 Å². The average Bonchev–Trinajstić information content (AvgIpc) is 3.22. The number of aliphatic imine (C=N–C) groups is 1. The molecule has 1 aromatic carbocycles. The fraction of sp³-hybridized carbons (Fsp3) is 0.591. The van der Waals surface area contributed by atoms with Gasteiger partial charge >= 0.3 is 0 Å². The van der Waals surface area contributed by atoms with Gasteiger partial charge in [0.1, 0.15) is 6.54 Å². The minimum atomic E-state index is 0. The number of hydrogen-bond acceptors (Lipinski definition) is 6. The van der Waals surface area contributed by atoms with Crippen molar-refractivity contribution in [2.45, 2.75) is 52.3 Å². The van der Waals surface area contributed by atoms with E-state index in [0.29, 0.717) is 35.4 Å². The Morgan fingerprint density at radius 3 is 2.81 bits per heavy atom. The molecule has 178 valence electrons. The van der Waals surface area contributed by atoms with Crippen molar-refractivity contribution in [3.8, 4) is 11.4 Å². The number of nitrogens with zero attached hydrogens (tertiary/aromatic N) is 4. The first-order chi connectivity index (χ1) is 15.0. The van der Waals surface area contributed by atoms with Gasteiger partial charge in [-0.25, -0.2) is 4.99 Å². The zero-order chi connectivity index (χ0) is 22.1. The molecule has 0 bridgehead atoms. The second kappa shape index (κ2) is 14.0. The fourth-order valence-electron chi connectivity index (χ4n) is 3.44. The van der Waals surface area contributed by atoms with Crippen molar-refractivity contribution in [1.82, 2.24) is 25.7 Å². The zero-order valence-electron chi connectivity index (χ0n) is 19.0. The highest BCUT2D eigenvalue weighted by Crippen LogP contribution is 2.20. The van der Waals surface area contributed by atoms with Crippen LogP contribution in [-0.2, 0) is 11.3 Å². The standard InChI is InChI=1S/C22H33ClN6O2.HI/c1-4-24-22(26-19-8-10-29(11-9-19)12-13-30-16(2)3)25-15-20-27-21(28-31-20)17-6-5-7-18(23)14-17;/h5-7,14,16,19H,4,8-13,15H2,1-3H3,(H2,24,25,26);1H. The Bertz CT molecular complexity index is 839. The van der Waals surface area contributed by atoms with Gasteiger partial charge in [-0.3, -0.25) is 0 Å². The molecule has 1 aliphatic rings. The predicted molar refractivity (Wildman–Crippen MR) is 139 cm³/mol. The van der Waals surface area contributed by atoms with Crippen LogP contribution in [-0.4, -0.2) is 65.9 Å². The van der Waals surface area contributed by atoms with Crippen molar-refractivity contribution < 1.29 is 9.26 Å². The summed E-state index contributed by atoms with van der Waals surface area (Å²) in [6, 6.07) is 7.78. The first-order valence-electron chi connectivity index (χ1n) is 11.0. The molecule has 0 atom stereocenters. The van der Waals surface area contributed by atoms with Crippen LogP contribution in [0.5, 0.6) is 0 Å². The smallest absolute Gasteiger partial charge is 0.248 e. The first-order valence-corrected chi connectivity index (χ1v) is 11.4. The Kier molecular flexibility index (Phi) is 11.7. The molecular formula is C22H34ClIN6O2. The number of hydrogen-bond donors (Lipinski definition) is 2. The lowest BCUT2D eigenvalue weighted by molar-refractivity contribution is 0.0532. The Morgan fingerprint density at radius 2 is 2.12 bits per heavy atom. The van der Waals surface area contributed by atoms with Crippen LogP contribution in [0.2, 0.25) is 5.02 Å². The summed E-state index contributed by atoms with van der Waals surface area (Å²) in [4.78, 5) is 11.5. The number of nitrogens with one attached hydrogen (secondary N) is 2. The molecule has 0 amide bonds. The van der Waals surface area contributed by atoms with Crippen LogP contribution in [0.1, 0.15) is 39.5 Å². The van der Waals surface area contributed by atoms with Gasteiger partial charge in [-0.05, 0) is 45.7 Å². The molecule has 0 aliphatic carbocycles. The fourth-order valence-corrected chi connectivity index (χ4v) is 3.63. The van der Waals surface area contributed by atoms with E-state index in [9.17, 15) is 0 Å². The summed E-state index contributed by atoms with van der Waals surface area (Å²) in [5, 5.41) is 11.5. The quantitative estimate of drug-likeness (QED) is 0.266. The van der Waals surface area contributed by atoms with Gasteiger partial charge in [0.05, 0.1) is 12.7 Å². The average molecular weight is 577 g/mol. The van der Waals surface area contributed by atoms with E-state index in [1.54, 1.807) is 0 Å². The minimum Gasteiger partial charge on any atom is -0.377 e. The molecule has 0 unspecified atom stereocenters. The summed E-state index contributed by atoms with van der Waals surface area (Å²) in [6.45, 7) is 11.2. The molecule has 0 radical (unpaired) electrons. The highest BCUT2D eigenvalue weighted by molar-refractivity contribution is 14.0. The lowest BCUT2D eigenvalue weighted by Gasteiger charge is -2.33. The number of aromatic nitrogens is 2. The van der Waals surface area contributed by atoms with Crippen LogP contribution in [0.25, 0.3) is 11.4 Å². The summed E-state index contributed by atoms with van der Waals surface area (Å²) in [6.07, 6.45) is 2.44. The number of benzene rings is 1. The predicted octanol–water partition coefficient (Wildman–Crippen LogP) is 3.95. The molecule has 1 fully saturated rings. The Morgan fingerprint density at radius 1 is 1.34 bits per heavy atom. The van der Waals surface area contributed by atoms with Crippen molar-refractivity contribution in [2.24, 2.45) is 4.99 Å². The number of guanidine groups is 1. The van der Waals surface area contributed by atoms with E-state index < -0.39 is 0 Å². The molecule has 0 spiro atoms. The Balaban J connectivity index is 0.00000363. The van der Waals surface area contributed by atoms with Crippen LogP contribution in [0, 0.1) is 0 Å².